The number of thiazole rings is 1. The summed E-state index contributed by atoms with van der Waals surface area (Å²) in [5.41, 5.74) is 1.25. The zero-order valence-corrected chi connectivity index (χ0v) is 18.0. The summed E-state index contributed by atoms with van der Waals surface area (Å²) in [7, 11) is 0. The Hall–Kier alpha value is -2.56. The van der Waals surface area contributed by atoms with E-state index in [-0.39, 0.29) is 10.6 Å². The van der Waals surface area contributed by atoms with Crippen molar-refractivity contribution in [1.82, 2.24) is 4.98 Å². The number of carbonyl (C=O) groups is 2. The van der Waals surface area contributed by atoms with Crippen molar-refractivity contribution in [3.8, 4) is 0 Å². The van der Waals surface area contributed by atoms with Gasteiger partial charge in [-0.3, -0.25) is 4.79 Å². The molecule has 0 atom stereocenters. The largest absolute Gasteiger partial charge is 0.452 e. The number of hydrogen-bond acceptors (Lipinski definition) is 6. The highest BCUT2D eigenvalue weighted by atomic mass is 35.5. The van der Waals surface area contributed by atoms with Crippen molar-refractivity contribution in [2.45, 2.75) is 16.8 Å². The Morgan fingerprint density at radius 3 is 2.68 bits per heavy atom. The van der Waals surface area contributed by atoms with Gasteiger partial charge < -0.3 is 10.1 Å². The molecule has 1 aromatic heterocycles. The molecule has 0 saturated heterocycles. The Morgan fingerprint density at radius 1 is 1.19 bits per heavy atom. The van der Waals surface area contributed by atoms with E-state index in [1.54, 1.807) is 29.8 Å². The molecule has 0 spiro atoms. The summed E-state index contributed by atoms with van der Waals surface area (Å²) in [6.45, 7) is -0.746. The van der Waals surface area contributed by atoms with E-state index in [0.29, 0.717) is 16.7 Å². The quantitative estimate of drug-likeness (QED) is 0.332. The van der Waals surface area contributed by atoms with Crippen LogP contribution in [0.5, 0.6) is 0 Å². The fraction of sp³-hybridized carbons (Fsp3) is 0.150. The first kappa shape index (κ1) is 23.1. The smallest absolute Gasteiger partial charge is 0.418 e. The number of benzene rings is 2. The Bertz CT molecular complexity index is 1080. The third-order valence-electron chi connectivity index (χ3n) is 3.86. The monoisotopic (exact) mass is 486 g/mol. The van der Waals surface area contributed by atoms with E-state index >= 15 is 0 Å². The molecule has 0 fully saturated rings. The fourth-order valence-electron chi connectivity index (χ4n) is 2.48. The number of nitrogens with one attached hydrogen (secondary N) is 1. The van der Waals surface area contributed by atoms with E-state index in [9.17, 15) is 22.8 Å². The van der Waals surface area contributed by atoms with E-state index in [2.05, 4.69) is 10.3 Å². The minimum absolute atomic E-state index is 0.122. The molecule has 162 valence electrons. The summed E-state index contributed by atoms with van der Waals surface area (Å²) in [6.07, 6.45) is -4.71. The van der Waals surface area contributed by atoms with Crippen molar-refractivity contribution >= 4 is 52.3 Å². The molecule has 31 heavy (non-hydrogen) atoms. The van der Waals surface area contributed by atoms with Gasteiger partial charge in [0.05, 0.1) is 28.0 Å². The number of esters is 1. The number of thioether (sulfide) groups is 1. The van der Waals surface area contributed by atoms with Crippen LogP contribution in [-0.2, 0) is 21.5 Å². The van der Waals surface area contributed by atoms with Crippen LogP contribution >= 0.6 is 34.7 Å². The third-order valence-corrected chi connectivity index (χ3v) is 5.84. The van der Waals surface area contributed by atoms with Crippen LogP contribution in [0.1, 0.15) is 21.6 Å². The van der Waals surface area contributed by atoms with Gasteiger partial charge in [-0.2, -0.15) is 13.2 Å². The second kappa shape index (κ2) is 10.2. The lowest BCUT2D eigenvalue weighted by Crippen LogP contribution is -2.23. The van der Waals surface area contributed by atoms with Gasteiger partial charge in [-0.1, -0.05) is 23.7 Å². The zero-order valence-electron chi connectivity index (χ0n) is 15.6. The molecule has 11 heteroatoms. The molecular weight excluding hydrogens is 473 g/mol. The van der Waals surface area contributed by atoms with Gasteiger partial charge in [0, 0.05) is 21.1 Å². The van der Waals surface area contributed by atoms with Gasteiger partial charge in [0.2, 0.25) is 0 Å². The van der Waals surface area contributed by atoms with E-state index < -0.39 is 35.9 Å². The van der Waals surface area contributed by atoms with Crippen LogP contribution in [0.15, 0.2) is 58.3 Å². The molecule has 3 aromatic rings. The normalized spacial score (nSPS) is 11.2. The first-order chi connectivity index (χ1) is 14.7. The van der Waals surface area contributed by atoms with Gasteiger partial charge in [-0.25, -0.2) is 9.78 Å². The van der Waals surface area contributed by atoms with Crippen LogP contribution in [0, 0.1) is 0 Å². The average molecular weight is 487 g/mol. The van der Waals surface area contributed by atoms with Crippen LogP contribution in [0.4, 0.5) is 18.9 Å². The van der Waals surface area contributed by atoms with E-state index in [1.807, 2.05) is 5.38 Å². The number of alkyl halides is 3. The zero-order chi connectivity index (χ0) is 22.4. The Balaban J connectivity index is 1.62. The summed E-state index contributed by atoms with van der Waals surface area (Å²) >= 11 is 8.46. The van der Waals surface area contributed by atoms with Gasteiger partial charge in [0.1, 0.15) is 0 Å². The minimum atomic E-state index is -4.71. The molecule has 0 aliphatic rings. The summed E-state index contributed by atoms with van der Waals surface area (Å²) in [4.78, 5) is 29.3. The molecule has 0 radical (unpaired) electrons. The van der Waals surface area contributed by atoms with E-state index in [4.69, 9.17) is 16.3 Å². The predicted molar refractivity (Wildman–Crippen MR) is 113 cm³/mol. The SMILES string of the molecule is O=C(COC(=O)c1ccccc1SCc1cscn1)Nc1ccc(Cl)cc1C(F)(F)F. The number of aromatic nitrogens is 1. The fourth-order valence-corrected chi connectivity index (χ4v) is 4.26. The van der Waals surface area contributed by atoms with Gasteiger partial charge >= 0.3 is 12.1 Å². The molecule has 0 aliphatic heterocycles. The van der Waals surface area contributed by atoms with Crippen LogP contribution in [-0.4, -0.2) is 23.5 Å². The molecule has 3 rings (SSSR count). The number of ether oxygens (including phenoxy) is 1. The third kappa shape index (κ3) is 6.46. The second-order valence-corrected chi connectivity index (χ2v) is 8.25. The average Bonchev–Trinajstić information content (AvgIpc) is 3.25. The Labute approximate surface area is 188 Å². The maximum atomic E-state index is 13.1. The number of halogens is 4. The van der Waals surface area contributed by atoms with Crippen molar-refractivity contribution in [3.63, 3.8) is 0 Å². The lowest BCUT2D eigenvalue weighted by molar-refractivity contribution is -0.137. The van der Waals surface area contributed by atoms with Gasteiger partial charge in [0.15, 0.2) is 6.61 Å². The number of anilines is 1. The van der Waals surface area contributed by atoms with E-state index in [1.165, 1.54) is 29.2 Å². The lowest BCUT2D eigenvalue weighted by Gasteiger charge is -2.14. The van der Waals surface area contributed by atoms with Crippen LogP contribution in [0.25, 0.3) is 0 Å². The first-order valence-corrected chi connectivity index (χ1v) is 11.0. The van der Waals surface area contributed by atoms with Crippen molar-refractivity contribution in [3.05, 3.63) is 75.2 Å². The van der Waals surface area contributed by atoms with E-state index in [0.717, 1.165) is 11.8 Å². The summed E-state index contributed by atoms with van der Waals surface area (Å²) < 4.78 is 44.4. The number of amides is 1. The number of hydrogen-bond donors (Lipinski definition) is 1. The minimum Gasteiger partial charge on any atom is -0.452 e. The molecule has 5 nitrogen and oxygen atoms in total. The number of carbonyl (C=O) groups excluding carboxylic acids is 2. The molecule has 1 N–H and O–H groups in total. The maximum Gasteiger partial charge on any atom is 0.418 e. The predicted octanol–water partition coefficient (Wildman–Crippen LogP) is 5.90. The Kier molecular flexibility index (Phi) is 7.58. The summed E-state index contributed by atoms with van der Waals surface area (Å²) in [5.74, 6) is -1.12. The van der Waals surface area contributed by atoms with Crippen LogP contribution < -0.4 is 5.32 Å². The lowest BCUT2D eigenvalue weighted by atomic mass is 10.1. The molecule has 0 unspecified atom stereocenters. The van der Waals surface area contributed by atoms with Gasteiger partial charge in [-0.05, 0) is 30.3 Å². The highest BCUT2D eigenvalue weighted by molar-refractivity contribution is 7.98. The Morgan fingerprint density at radius 2 is 1.97 bits per heavy atom. The van der Waals surface area contributed by atoms with Crippen molar-refractivity contribution in [2.24, 2.45) is 0 Å². The molecule has 0 saturated carbocycles. The highest BCUT2D eigenvalue weighted by Crippen LogP contribution is 2.36. The van der Waals surface area contributed by atoms with Crippen LogP contribution in [0.2, 0.25) is 5.02 Å². The molecular formula is C20H14ClF3N2O3S2. The number of rotatable bonds is 7. The molecule has 1 amide bonds. The van der Waals surface area contributed by atoms with Crippen LogP contribution in [0.3, 0.4) is 0 Å². The van der Waals surface area contributed by atoms with Crippen molar-refractivity contribution < 1.29 is 27.5 Å². The second-order valence-electron chi connectivity index (χ2n) is 6.08. The molecule has 1 heterocycles. The molecule has 2 aromatic carbocycles. The summed E-state index contributed by atoms with van der Waals surface area (Å²) in [6, 6.07) is 9.64. The topological polar surface area (TPSA) is 68.3 Å². The molecule has 0 bridgehead atoms. The van der Waals surface area contributed by atoms with Gasteiger partial charge in [0.25, 0.3) is 5.91 Å². The first-order valence-electron chi connectivity index (χ1n) is 8.66. The summed E-state index contributed by atoms with van der Waals surface area (Å²) in [5, 5.41) is 3.87. The van der Waals surface area contributed by atoms with Crippen molar-refractivity contribution in [2.75, 3.05) is 11.9 Å². The standard InChI is InChI=1S/C20H14ClF3N2O3S2/c21-12-5-6-16(15(7-12)20(22,23)24)26-18(27)8-29-19(28)14-3-1-2-4-17(14)31-10-13-9-30-11-25-13/h1-7,9,11H,8,10H2,(H,26,27). The van der Waals surface area contributed by atoms with Crippen molar-refractivity contribution in [1.29, 1.82) is 0 Å². The highest BCUT2D eigenvalue weighted by Gasteiger charge is 2.34. The number of nitrogens with zero attached hydrogens (tertiary/aromatic N) is 1. The molecule has 0 aliphatic carbocycles. The maximum absolute atomic E-state index is 13.1. The van der Waals surface area contributed by atoms with Gasteiger partial charge in [-0.15, -0.1) is 23.1 Å².